The van der Waals surface area contributed by atoms with Crippen molar-refractivity contribution in [1.29, 1.82) is 0 Å². The molecule has 0 fully saturated rings. The van der Waals surface area contributed by atoms with Crippen molar-refractivity contribution in [3.8, 4) is 17.2 Å². The molecule has 150 valence electrons. The molecule has 6 nitrogen and oxygen atoms in total. The van der Waals surface area contributed by atoms with Crippen LogP contribution >= 0.6 is 15.9 Å². The first-order valence-corrected chi connectivity index (χ1v) is 9.70. The van der Waals surface area contributed by atoms with Crippen molar-refractivity contribution in [3.05, 3.63) is 52.0 Å². The van der Waals surface area contributed by atoms with Crippen LogP contribution in [0.25, 0.3) is 0 Å². The highest BCUT2D eigenvalue weighted by Crippen LogP contribution is 2.35. The Morgan fingerprint density at radius 1 is 1.21 bits per heavy atom. The minimum atomic E-state index is -0.376. The van der Waals surface area contributed by atoms with E-state index < -0.39 is 0 Å². The lowest BCUT2D eigenvalue weighted by Crippen LogP contribution is -2.24. The number of hydrogen-bond acceptors (Lipinski definition) is 5. The number of carbonyl (C=O) groups is 1. The van der Waals surface area contributed by atoms with E-state index in [1.54, 1.807) is 12.1 Å². The molecular formula is C21H25BrN2O4. The molecule has 0 aliphatic rings. The zero-order valence-electron chi connectivity index (χ0n) is 16.5. The van der Waals surface area contributed by atoms with E-state index in [-0.39, 0.29) is 23.7 Å². The molecule has 7 heteroatoms. The van der Waals surface area contributed by atoms with Gasteiger partial charge in [-0.05, 0) is 63.7 Å². The smallest absolute Gasteiger partial charge is 0.277 e. The van der Waals surface area contributed by atoms with Crippen molar-refractivity contribution in [3.63, 3.8) is 0 Å². The van der Waals surface area contributed by atoms with Gasteiger partial charge in [0, 0.05) is 0 Å². The molecule has 0 saturated heterocycles. The van der Waals surface area contributed by atoms with E-state index in [9.17, 15) is 9.90 Å². The van der Waals surface area contributed by atoms with E-state index in [1.807, 2.05) is 31.2 Å². The number of phenolic OH excluding ortho intramolecular Hbond substituents is 1. The SMILES string of the molecule is CCOc1cc(/C=N\NC(=O)COc2ccc(C(C)(C)C)cc2)cc(Br)c1O. The molecule has 2 N–H and O–H groups in total. The Kier molecular flexibility index (Phi) is 7.45. The van der Waals surface area contributed by atoms with Gasteiger partial charge < -0.3 is 14.6 Å². The van der Waals surface area contributed by atoms with Gasteiger partial charge in [0.15, 0.2) is 18.1 Å². The second-order valence-electron chi connectivity index (χ2n) is 7.14. The third-order valence-corrected chi connectivity index (χ3v) is 4.45. The van der Waals surface area contributed by atoms with Gasteiger partial charge in [0.2, 0.25) is 0 Å². The summed E-state index contributed by atoms with van der Waals surface area (Å²) in [6.45, 7) is 8.51. The normalized spacial score (nSPS) is 11.5. The number of nitrogens with one attached hydrogen (secondary N) is 1. The average Bonchev–Trinajstić information content (AvgIpc) is 2.64. The van der Waals surface area contributed by atoms with Gasteiger partial charge in [-0.15, -0.1) is 0 Å². The van der Waals surface area contributed by atoms with Crippen molar-refractivity contribution >= 4 is 28.1 Å². The lowest BCUT2D eigenvalue weighted by Gasteiger charge is -2.19. The van der Waals surface area contributed by atoms with Crippen molar-refractivity contribution in [2.24, 2.45) is 5.10 Å². The molecule has 0 radical (unpaired) electrons. The molecular weight excluding hydrogens is 424 g/mol. The second kappa shape index (κ2) is 9.59. The minimum absolute atomic E-state index is 0.0221. The van der Waals surface area contributed by atoms with Crippen LogP contribution in [0.2, 0.25) is 0 Å². The topological polar surface area (TPSA) is 80.2 Å². The molecule has 2 rings (SSSR count). The van der Waals surface area contributed by atoms with Crippen LogP contribution in [0.4, 0.5) is 0 Å². The van der Waals surface area contributed by atoms with Crippen molar-refractivity contribution in [2.75, 3.05) is 13.2 Å². The quantitative estimate of drug-likeness (QED) is 0.486. The van der Waals surface area contributed by atoms with Crippen LogP contribution in [0.5, 0.6) is 17.2 Å². The van der Waals surface area contributed by atoms with Gasteiger partial charge in [-0.2, -0.15) is 5.10 Å². The fraction of sp³-hybridized carbons (Fsp3) is 0.333. The van der Waals surface area contributed by atoms with E-state index in [0.29, 0.717) is 28.1 Å². The minimum Gasteiger partial charge on any atom is -0.503 e. The summed E-state index contributed by atoms with van der Waals surface area (Å²) in [5.74, 6) is 0.607. The maximum absolute atomic E-state index is 11.9. The molecule has 0 aromatic heterocycles. The fourth-order valence-corrected chi connectivity index (χ4v) is 2.80. The highest BCUT2D eigenvalue weighted by Gasteiger charge is 2.13. The number of halogens is 1. The van der Waals surface area contributed by atoms with Crippen LogP contribution in [-0.2, 0) is 10.2 Å². The summed E-state index contributed by atoms with van der Waals surface area (Å²) in [6.07, 6.45) is 1.46. The molecule has 1 amide bonds. The Hall–Kier alpha value is -2.54. The van der Waals surface area contributed by atoms with E-state index in [1.165, 1.54) is 11.8 Å². The number of carbonyl (C=O) groups excluding carboxylic acids is 1. The zero-order chi connectivity index (χ0) is 20.7. The van der Waals surface area contributed by atoms with Crippen LogP contribution in [0, 0.1) is 0 Å². The van der Waals surface area contributed by atoms with Gasteiger partial charge in [0.25, 0.3) is 5.91 Å². The van der Waals surface area contributed by atoms with E-state index in [4.69, 9.17) is 9.47 Å². The van der Waals surface area contributed by atoms with E-state index >= 15 is 0 Å². The first-order valence-electron chi connectivity index (χ1n) is 8.91. The van der Waals surface area contributed by atoms with Gasteiger partial charge in [-0.3, -0.25) is 4.79 Å². The van der Waals surface area contributed by atoms with Gasteiger partial charge in [-0.25, -0.2) is 5.43 Å². The monoisotopic (exact) mass is 448 g/mol. The summed E-state index contributed by atoms with van der Waals surface area (Å²) < 4.78 is 11.3. The standard InChI is InChI=1S/C21H25BrN2O4/c1-5-27-18-11-14(10-17(22)20(18)26)12-23-24-19(25)13-28-16-8-6-15(7-9-16)21(2,3)4/h6-12,26H,5,13H2,1-4H3,(H,24,25)/b23-12-. The number of phenols is 1. The number of ether oxygens (including phenoxy) is 2. The second-order valence-corrected chi connectivity index (χ2v) is 7.99. The number of aromatic hydroxyl groups is 1. The Morgan fingerprint density at radius 2 is 1.89 bits per heavy atom. The predicted octanol–water partition coefficient (Wildman–Crippen LogP) is 4.38. The lowest BCUT2D eigenvalue weighted by atomic mass is 9.87. The molecule has 0 aliphatic heterocycles. The average molecular weight is 449 g/mol. The van der Waals surface area contributed by atoms with Gasteiger partial charge in [-0.1, -0.05) is 32.9 Å². The largest absolute Gasteiger partial charge is 0.503 e. The van der Waals surface area contributed by atoms with Crippen LogP contribution in [0.15, 0.2) is 46.0 Å². The third kappa shape index (κ3) is 6.27. The van der Waals surface area contributed by atoms with E-state index in [0.717, 1.165) is 0 Å². The molecule has 0 spiro atoms. The maximum Gasteiger partial charge on any atom is 0.277 e. The summed E-state index contributed by atoms with van der Waals surface area (Å²) in [5, 5.41) is 13.8. The maximum atomic E-state index is 11.9. The number of nitrogens with zero attached hydrogens (tertiary/aromatic N) is 1. The van der Waals surface area contributed by atoms with Crippen molar-refractivity contribution < 1.29 is 19.4 Å². The number of amides is 1. The van der Waals surface area contributed by atoms with Crippen molar-refractivity contribution in [2.45, 2.75) is 33.1 Å². The number of hydrazone groups is 1. The molecule has 0 heterocycles. The Labute approximate surface area is 173 Å². The number of rotatable bonds is 7. The molecule has 2 aromatic rings. The van der Waals surface area contributed by atoms with Crippen LogP contribution in [-0.4, -0.2) is 30.4 Å². The molecule has 0 atom stereocenters. The molecule has 0 unspecified atom stereocenters. The molecule has 0 saturated carbocycles. The summed E-state index contributed by atoms with van der Waals surface area (Å²) in [6, 6.07) is 11.0. The Bertz CT molecular complexity index is 843. The highest BCUT2D eigenvalue weighted by atomic mass is 79.9. The van der Waals surface area contributed by atoms with Gasteiger partial charge in [0.05, 0.1) is 17.3 Å². The molecule has 2 aromatic carbocycles. The zero-order valence-corrected chi connectivity index (χ0v) is 18.0. The number of benzene rings is 2. The molecule has 28 heavy (non-hydrogen) atoms. The lowest BCUT2D eigenvalue weighted by molar-refractivity contribution is -0.123. The first-order chi connectivity index (χ1) is 13.2. The van der Waals surface area contributed by atoms with Crippen molar-refractivity contribution in [1.82, 2.24) is 5.43 Å². The van der Waals surface area contributed by atoms with Gasteiger partial charge >= 0.3 is 0 Å². The molecule has 0 bridgehead atoms. The summed E-state index contributed by atoms with van der Waals surface area (Å²) in [4.78, 5) is 11.9. The first kappa shape index (κ1) is 21.8. The highest BCUT2D eigenvalue weighted by molar-refractivity contribution is 9.10. The Balaban J connectivity index is 1.88. The van der Waals surface area contributed by atoms with E-state index in [2.05, 4.69) is 47.2 Å². The fourth-order valence-electron chi connectivity index (χ4n) is 2.34. The number of hydrogen-bond donors (Lipinski definition) is 2. The summed E-state index contributed by atoms with van der Waals surface area (Å²) in [5.41, 5.74) is 4.33. The van der Waals surface area contributed by atoms with Crippen LogP contribution in [0.1, 0.15) is 38.8 Å². The predicted molar refractivity (Wildman–Crippen MR) is 113 cm³/mol. The summed E-state index contributed by atoms with van der Waals surface area (Å²) >= 11 is 3.26. The van der Waals surface area contributed by atoms with Crippen LogP contribution < -0.4 is 14.9 Å². The Morgan fingerprint density at radius 3 is 2.50 bits per heavy atom. The van der Waals surface area contributed by atoms with Crippen LogP contribution in [0.3, 0.4) is 0 Å². The van der Waals surface area contributed by atoms with Gasteiger partial charge in [0.1, 0.15) is 5.75 Å². The summed E-state index contributed by atoms with van der Waals surface area (Å²) in [7, 11) is 0. The molecule has 0 aliphatic carbocycles. The third-order valence-electron chi connectivity index (χ3n) is 3.84.